The largest absolute Gasteiger partial charge is 0.441 e. The van der Waals surface area contributed by atoms with Gasteiger partial charge in [-0.1, -0.05) is 32.5 Å². The fourth-order valence-electron chi connectivity index (χ4n) is 1.26. The molecule has 0 rings (SSSR count). The van der Waals surface area contributed by atoms with Crippen LogP contribution in [0.2, 0.25) is 0 Å². The quantitative estimate of drug-likeness (QED) is 0.662. The van der Waals surface area contributed by atoms with Crippen LogP contribution >= 0.6 is 11.8 Å². The molecular weight excluding hydrogens is 235 g/mol. The Morgan fingerprint density at radius 2 is 1.75 bits per heavy atom. The molecule has 0 bridgehead atoms. The molecule has 16 heavy (non-hydrogen) atoms. The molecule has 0 aromatic carbocycles. The number of hydrogen-bond acceptors (Lipinski definition) is 2. The van der Waals surface area contributed by atoms with Gasteiger partial charge in [-0.2, -0.15) is 13.2 Å². The highest BCUT2D eigenvalue weighted by Gasteiger charge is 2.27. The van der Waals surface area contributed by atoms with Crippen molar-refractivity contribution in [2.24, 2.45) is 11.8 Å². The molecule has 0 fully saturated rings. The monoisotopic (exact) mass is 257 g/mol. The predicted molar refractivity (Wildman–Crippen MR) is 64.6 cm³/mol. The second-order valence-electron chi connectivity index (χ2n) is 4.57. The average Bonchev–Trinajstić information content (AvgIpc) is 2.10. The smallest absolute Gasteiger partial charge is 0.316 e. The Kier molecular flexibility index (Phi) is 8.28. The summed E-state index contributed by atoms with van der Waals surface area (Å²) in [7, 11) is 0. The first kappa shape index (κ1) is 16.1. The molecule has 0 aliphatic carbocycles. The van der Waals surface area contributed by atoms with Crippen LogP contribution in [0.25, 0.3) is 0 Å². The Bertz CT molecular complexity index is 171. The number of rotatable bonds is 8. The highest BCUT2D eigenvalue weighted by molar-refractivity contribution is 8.00. The molecule has 0 aromatic rings. The SMILES string of the molecule is CC(C)CNCCC(C)CCSC(F)(F)F. The molecule has 1 atom stereocenters. The van der Waals surface area contributed by atoms with Crippen molar-refractivity contribution >= 4 is 11.8 Å². The second kappa shape index (κ2) is 8.23. The average molecular weight is 257 g/mol. The highest BCUT2D eigenvalue weighted by atomic mass is 32.2. The van der Waals surface area contributed by atoms with Crippen LogP contribution in [-0.4, -0.2) is 24.4 Å². The van der Waals surface area contributed by atoms with Crippen molar-refractivity contribution < 1.29 is 13.2 Å². The maximum atomic E-state index is 11.9. The molecule has 0 saturated carbocycles. The van der Waals surface area contributed by atoms with Crippen LogP contribution in [-0.2, 0) is 0 Å². The van der Waals surface area contributed by atoms with Gasteiger partial charge in [0.05, 0.1) is 0 Å². The summed E-state index contributed by atoms with van der Waals surface area (Å²) in [4.78, 5) is 0. The van der Waals surface area contributed by atoms with Gasteiger partial charge in [0.15, 0.2) is 0 Å². The highest BCUT2D eigenvalue weighted by Crippen LogP contribution is 2.31. The lowest BCUT2D eigenvalue weighted by Crippen LogP contribution is -2.22. The van der Waals surface area contributed by atoms with E-state index >= 15 is 0 Å². The van der Waals surface area contributed by atoms with E-state index in [4.69, 9.17) is 0 Å². The van der Waals surface area contributed by atoms with Crippen molar-refractivity contribution in [1.29, 1.82) is 0 Å². The van der Waals surface area contributed by atoms with Crippen molar-refractivity contribution in [2.45, 2.75) is 39.1 Å². The first-order valence-corrected chi connectivity index (χ1v) is 6.71. The number of nitrogens with one attached hydrogen (secondary N) is 1. The standard InChI is InChI=1S/C11H22F3NS/c1-9(2)8-15-6-4-10(3)5-7-16-11(12,13)14/h9-10,15H,4-8H2,1-3H3. The molecule has 0 saturated heterocycles. The summed E-state index contributed by atoms with van der Waals surface area (Å²) in [5.41, 5.74) is -4.07. The Labute approximate surface area is 101 Å². The Hall–Kier alpha value is 0.100. The zero-order chi connectivity index (χ0) is 12.6. The van der Waals surface area contributed by atoms with E-state index in [1.165, 1.54) is 0 Å². The van der Waals surface area contributed by atoms with E-state index in [1.807, 2.05) is 6.92 Å². The second-order valence-corrected chi connectivity index (χ2v) is 5.73. The van der Waals surface area contributed by atoms with E-state index in [9.17, 15) is 13.2 Å². The van der Waals surface area contributed by atoms with E-state index in [0.717, 1.165) is 19.5 Å². The molecule has 98 valence electrons. The van der Waals surface area contributed by atoms with Crippen molar-refractivity contribution in [3.63, 3.8) is 0 Å². The fraction of sp³-hybridized carbons (Fsp3) is 1.00. The molecule has 0 aromatic heterocycles. The van der Waals surface area contributed by atoms with Gasteiger partial charge in [-0.3, -0.25) is 0 Å². The van der Waals surface area contributed by atoms with Crippen LogP contribution in [0.1, 0.15) is 33.6 Å². The van der Waals surface area contributed by atoms with E-state index in [0.29, 0.717) is 18.3 Å². The number of thioether (sulfide) groups is 1. The van der Waals surface area contributed by atoms with Gasteiger partial charge in [0.25, 0.3) is 0 Å². The molecule has 0 aliphatic heterocycles. The van der Waals surface area contributed by atoms with Crippen LogP contribution in [0.15, 0.2) is 0 Å². The van der Waals surface area contributed by atoms with Gasteiger partial charge in [-0.15, -0.1) is 0 Å². The fourth-order valence-corrected chi connectivity index (χ4v) is 2.01. The lowest BCUT2D eigenvalue weighted by atomic mass is 10.1. The van der Waals surface area contributed by atoms with Gasteiger partial charge in [0, 0.05) is 5.75 Å². The maximum absolute atomic E-state index is 11.9. The van der Waals surface area contributed by atoms with Gasteiger partial charge in [0.2, 0.25) is 0 Å². The summed E-state index contributed by atoms with van der Waals surface area (Å²) >= 11 is 0.0856. The van der Waals surface area contributed by atoms with Gasteiger partial charge >= 0.3 is 5.51 Å². The van der Waals surface area contributed by atoms with Gasteiger partial charge in [-0.05, 0) is 37.8 Å². The normalized spacial score (nSPS) is 14.4. The minimum absolute atomic E-state index is 0.0856. The summed E-state index contributed by atoms with van der Waals surface area (Å²) in [6, 6.07) is 0. The van der Waals surface area contributed by atoms with Crippen LogP contribution in [0, 0.1) is 11.8 Å². The summed E-state index contributed by atoms with van der Waals surface area (Å²) in [5.74, 6) is 1.15. The number of alkyl halides is 3. The Morgan fingerprint density at radius 3 is 2.25 bits per heavy atom. The molecule has 0 aliphatic rings. The first-order chi connectivity index (χ1) is 7.31. The zero-order valence-electron chi connectivity index (χ0n) is 10.2. The van der Waals surface area contributed by atoms with Gasteiger partial charge < -0.3 is 5.32 Å². The van der Waals surface area contributed by atoms with E-state index in [2.05, 4.69) is 19.2 Å². The topological polar surface area (TPSA) is 12.0 Å². The first-order valence-electron chi connectivity index (χ1n) is 5.72. The molecule has 0 amide bonds. The number of hydrogen-bond donors (Lipinski definition) is 1. The van der Waals surface area contributed by atoms with E-state index < -0.39 is 5.51 Å². The van der Waals surface area contributed by atoms with Crippen LogP contribution in [0.5, 0.6) is 0 Å². The van der Waals surface area contributed by atoms with Crippen LogP contribution in [0.4, 0.5) is 13.2 Å². The summed E-state index contributed by atoms with van der Waals surface area (Å²) in [6.45, 7) is 8.15. The lowest BCUT2D eigenvalue weighted by molar-refractivity contribution is -0.0328. The zero-order valence-corrected chi connectivity index (χ0v) is 11.0. The third-order valence-electron chi connectivity index (χ3n) is 2.24. The lowest BCUT2D eigenvalue weighted by Gasteiger charge is -2.13. The number of halogens is 3. The van der Waals surface area contributed by atoms with E-state index in [-0.39, 0.29) is 17.5 Å². The predicted octanol–water partition coefficient (Wildman–Crippen LogP) is 3.90. The molecular formula is C11H22F3NS. The van der Waals surface area contributed by atoms with Gasteiger partial charge in [0.1, 0.15) is 0 Å². The summed E-state index contributed by atoms with van der Waals surface area (Å²) in [5, 5.41) is 3.29. The van der Waals surface area contributed by atoms with Crippen molar-refractivity contribution in [2.75, 3.05) is 18.8 Å². The molecule has 0 heterocycles. The minimum atomic E-state index is -4.07. The molecule has 1 N–H and O–H groups in total. The summed E-state index contributed by atoms with van der Waals surface area (Å²) in [6.07, 6.45) is 1.58. The summed E-state index contributed by atoms with van der Waals surface area (Å²) < 4.78 is 35.6. The third-order valence-corrected chi connectivity index (χ3v) is 3.01. The Balaban J connectivity index is 3.35. The molecule has 0 radical (unpaired) electrons. The van der Waals surface area contributed by atoms with E-state index in [1.54, 1.807) is 0 Å². The molecule has 1 nitrogen and oxygen atoms in total. The maximum Gasteiger partial charge on any atom is 0.441 e. The minimum Gasteiger partial charge on any atom is -0.316 e. The van der Waals surface area contributed by atoms with Gasteiger partial charge in [-0.25, -0.2) is 0 Å². The molecule has 1 unspecified atom stereocenters. The van der Waals surface area contributed by atoms with Crippen molar-refractivity contribution in [3.8, 4) is 0 Å². The van der Waals surface area contributed by atoms with Crippen molar-refractivity contribution in [3.05, 3.63) is 0 Å². The Morgan fingerprint density at radius 1 is 1.12 bits per heavy atom. The van der Waals surface area contributed by atoms with Crippen LogP contribution < -0.4 is 5.32 Å². The van der Waals surface area contributed by atoms with Crippen LogP contribution in [0.3, 0.4) is 0 Å². The van der Waals surface area contributed by atoms with Crippen molar-refractivity contribution in [1.82, 2.24) is 5.32 Å². The third kappa shape index (κ3) is 12.2. The molecule has 5 heteroatoms. The molecule has 0 spiro atoms.